The van der Waals surface area contributed by atoms with E-state index in [0.717, 1.165) is 127 Å². The topological polar surface area (TPSA) is 289 Å². The van der Waals surface area contributed by atoms with Gasteiger partial charge in [-0.25, -0.2) is 38.4 Å². The molecule has 2 N–H and O–H groups in total. The van der Waals surface area contributed by atoms with E-state index in [1.807, 2.05) is 18.9 Å². The van der Waals surface area contributed by atoms with Crippen LogP contribution in [0.25, 0.3) is 0 Å². The maximum Gasteiger partial charge on any atom is 0.330 e. The Kier molecular flexibility index (Phi) is 60.2. The van der Waals surface area contributed by atoms with Gasteiger partial charge in [0.25, 0.3) is 0 Å². The van der Waals surface area contributed by atoms with Crippen molar-refractivity contribution in [3.05, 3.63) is 139 Å². The van der Waals surface area contributed by atoms with Crippen molar-refractivity contribution in [1.29, 1.82) is 0 Å². The summed E-state index contributed by atoms with van der Waals surface area (Å²) in [6.07, 6.45) is 64.4. The lowest BCUT2D eigenvalue weighted by Crippen LogP contribution is -2.38. The normalized spacial score (nSPS) is 26.7. The van der Waals surface area contributed by atoms with Crippen LogP contribution in [0.2, 0.25) is 0 Å². The van der Waals surface area contributed by atoms with Crippen LogP contribution in [0, 0.1) is 74.4 Å². The second-order valence-corrected chi connectivity index (χ2v) is 44.9. The molecular weight excluding hydrogens is 1750 g/mol. The summed E-state index contributed by atoms with van der Waals surface area (Å²) in [6, 6.07) is 1.27. The van der Waals surface area contributed by atoms with Crippen molar-refractivity contribution in [2.24, 2.45) is 74.4 Å². The van der Waals surface area contributed by atoms with Crippen LogP contribution in [0.3, 0.4) is 0 Å². The van der Waals surface area contributed by atoms with Crippen molar-refractivity contribution in [1.82, 2.24) is 15.5 Å². The monoisotopic (exact) mass is 1940 g/mol. The molecule has 0 aromatic heterocycles. The number of hydrogen-bond acceptors (Lipinski definition) is 19. The van der Waals surface area contributed by atoms with Gasteiger partial charge in [0.15, 0.2) is 0 Å². The number of fused-ring (bicyclic) bond motifs is 2. The Balaban J connectivity index is 0.000000518. The molecule has 8 atom stereocenters. The second-order valence-electron chi connectivity index (χ2n) is 44.9. The lowest BCUT2D eigenvalue weighted by atomic mass is 9.64. The van der Waals surface area contributed by atoms with Gasteiger partial charge in [0, 0.05) is 79.2 Å². The fraction of sp³-hybridized carbons (Fsp3) is 0.718. The number of carbonyl (C=O) groups is 11. The number of hydrogen-bond donors (Lipinski definition) is 2. The molecule has 2 bridgehead atoms. The van der Waals surface area contributed by atoms with Crippen molar-refractivity contribution in [2.45, 2.75) is 447 Å². The number of nitrogens with zero attached hydrogens (tertiary/aromatic N) is 1. The molecule has 0 aliphatic heterocycles. The average molecular weight is 1940 g/mol. The molecule has 0 heterocycles. The summed E-state index contributed by atoms with van der Waals surface area (Å²) >= 11 is 0. The first-order chi connectivity index (χ1) is 65.5. The molecule has 139 heavy (non-hydrogen) atoms. The fourth-order valence-corrected chi connectivity index (χ4v) is 22.2. The van der Waals surface area contributed by atoms with Crippen LogP contribution in [-0.2, 0) is 90.6 Å². The van der Waals surface area contributed by atoms with E-state index in [1.165, 1.54) is 227 Å². The van der Waals surface area contributed by atoms with Crippen LogP contribution in [0.15, 0.2) is 139 Å². The zero-order valence-electron chi connectivity index (χ0n) is 89.8. The number of ether oxygens (including phenoxy) is 8. The second kappa shape index (κ2) is 66.2. The predicted molar refractivity (Wildman–Crippen MR) is 561 cm³/mol. The molecule has 22 nitrogen and oxygen atoms in total. The van der Waals surface area contributed by atoms with E-state index in [9.17, 15) is 52.7 Å². The molecule has 0 aromatic carbocycles. The highest BCUT2D eigenvalue weighted by Gasteiger charge is 2.63. The summed E-state index contributed by atoms with van der Waals surface area (Å²) < 4.78 is 41.7. The smallest absolute Gasteiger partial charge is 0.330 e. The molecule has 0 aromatic rings. The third-order valence-electron chi connectivity index (χ3n) is 30.7. The van der Waals surface area contributed by atoms with E-state index in [4.69, 9.17) is 37.9 Å². The largest absolute Gasteiger partial charge is 0.462 e. The SMILES string of the molecule is C=CC(=O)N(C)C1CCCCC1.C=CC(=O)NC1CCC(C)CC1.C=CC(=O)NC1CCCCC1.C=CC(=O)OC1(C)CCCC1.C=CC(=O)OC1CC(C)(C)CC(C)(C)C1.C=CC(=O)OC1CC(C)CC(C)C1.C=CC(=O)OC1CC2CCC1(C)C2(C)C.C=CC(=O)OC1CCC(C(C)(C)C)CC1.C=CC(=O)OC1CCCC(C)C1C.C=CC(=O)OC1CCCC1.C=CC(=O)OCC1CCCCC1. The van der Waals surface area contributed by atoms with E-state index in [0.29, 0.717) is 71.1 Å². The molecular formula is C117H191N3O19. The third kappa shape index (κ3) is 51.2. The van der Waals surface area contributed by atoms with Gasteiger partial charge in [0.05, 0.1) is 6.61 Å². The molecule has 0 saturated heterocycles. The van der Waals surface area contributed by atoms with Crippen LogP contribution >= 0.6 is 0 Å². The Bertz CT molecular complexity index is 3790. The highest BCUT2D eigenvalue weighted by Crippen LogP contribution is 2.66. The first kappa shape index (κ1) is 126. The van der Waals surface area contributed by atoms with E-state index in [2.05, 4.69) is 187 Å². The van der Waals surface area contributed by atoms with Crippen LogP contribution in [0.4, 0.5) is 0 Å². The quantitative estimate of drug-likeness (QED) is 0.0546. The van der Waals surface area contributed by atoms with E-state index in [1.54, 1.807) is 0 Å². The van der Waals surface area contributed by atoms with Gasteiger partial charge in [-0.3, -0.25) is 14.4 Å². The van der Waals surface area contributed by atoms with Crippen LogP contribution < -0.4 is 10.6 Å². The van der Waals surface area contributed by atoms with Crippen LogP contribution in [-0.4, -0.2) is 144 Å². The summed E-state index contributed by atoms with van der Waals surface area (Å²) in [7, 11) is 1.88. The van der Waals surface area contributed by atoms with Crippen molar-refractivity contribution in [3.8, 4) is 0 Å². The molecule has 12 aliphatic carbocycles. The van der Waals surface area contributed by atoms with E-state index < -0.39 is 0 Å². The number of nitrogens with one attached hydrogen (secondary N) is 2. The molecule has 0 spiro atoms. The molecule has 12 saturated carbocycles. The summed E-state index contributed by atoms with van der Waals surface area (Å²) in [5, 5.41) is 5.84. The summed E-state index contributed by atoms with van der Waals surface area (Å²) in [6.45, 7) is 73.8. The van der Waals surface area contributed by atoms with Crippen molar-refractivity contribution in [3.63, 3.8) is 0 Å². The highest BCUT2D eigenvalue weighted by molar-refractivity contribution is 5.88. The van der Waals surface area contributed by atoms with E-state index >= 15 is 0 Å². The third-order valence-corrected chi connectivity index (χ3v) is 30.7. The Hall–Kier alpha value is -8.69. The van der Waals surface area contributed by atoms with Gasteiger partial charge in [-0.2, -0.15) is 0 Å². The minimum Gasteiger partial charge on any atom is -0.462 e. The molecule has 12 rings (SSSR count). The predicted octanol–water partition coefficient (Wildman–Crippen LogP) is 26.1. The number of carbonyl (C=O) groups excluding carboxylic acids is 11. The molecule has 3 amide bonds. The zero-order valence-corrected chi connectivity index (χ0v) is 89.8. The van der Waals surface area contributed by atoms with Gasteiger partial charge in [-0.15, -0.1) is 0 Å². The lowest BCUT2D eigenvalue weighted by molar-refractivity contribution is -0.151. The molecule has 12 fully saturated rings. The first-order valence-electron chi connectivity index (χ1n) is 52.8. The van der Waals surface area contributed by atoms with Gasteiger partial charge in [-0.1, -0.05) is 240 Å². The Morgan fingerprint density at radius 2 is 0.777 bits per heavy atom. The van der Waals surface area contributed by atoms with Gasteiger partial charge in [0.2, 0.25) is 17.7 Å². The van der Waals surface area contributed by atoms with Crippen molar-refractivity contribution >= 4 is 65.5 Å². The first-order valence-corrected chi connectivity index (χ1v) is 52.8. The fourth-order valence-electron chi connectivity index (χ4n) is 22.2. The van der Waals surface area contributed by atoms with Crippen molar-refractivity contribution in [2.75, 3.05) is 13.7 Å². The van der Waals surface area contributed by atoms with Crippen LogP contribution in [0.5, 0.6) is 0 Å². The van der Waals surface area contributed by atoms with Gasteiger partial charge in [0.1, 0.15) is 42.2 Å². The molecule has 0 radical (unpaired) electrons. The van der Waals surface area contributed by atoms with Crippen molar-refractivity contribution < 1.29 is 90.6 Å². The lowest BCUT2D eigenvalue weighted by Gasteiger charge is -2.44. The molecule has 12 aliphatic rings. The van der Waals surface area contributed by atoms with Gasteiger partial charge in [-0.05, 0) is 306 Å². The Labute approximate surface area is 841 Å². The number of likely N-dealkylation sites (N-methyl/N-ethyl adjacent to an activating group) is 1. The molecule has 788 valence electrons. The van der Waals surface area contributed by atoms with Gasteiger partial charge < -0.3 is 53.4 Å². The summed E-state index contributed by atoms with van der Waals surface area (Å²) in [4.78, 5) is 122. The molecule has 8 unspecified atom stereocenters. The minimum atomic E-state index is -0.298. The summed E-state index contributed by atoms with van der Waals surface area (Å²) in [5.41, 5.74) is 1.16. The molecule has 22 heteroatoms. The zero-order chi connectivity index (χ0) is 105. The Morgan fingerprint density at radius 3 is 1.20 bits per heavy atom. The maximum atomic E-state index is 11.3. The average Bonchev–Trinajstić information content (AvgIpc) is 1.56. The number of amides is 3. The number of esters is 8. The minimum absolute atomic E-state index is 0.0306. The standard InChI is InChI=1S/C13H20O2.2C13H22O2.2C11H18O2.2C10H17NO.C10H16O2.C9H15NO.C9H14O2.C8H12O2/c1-5-11(14)15-10-8-9-6-7-13(10,4)12(9,2)3;1-6-11(14)15-10-7-12(2,3)9-13(4,5)8-10;1-5-12(14)15-11-8-6-10(7-9-11)13(2,3)4;1-4-11(12)13-10-6-8(2)5-9(3)7-10;1-4-11(12)13-10-7-5-6-8(2)9(10)3;1-3-10(12)11-9-6-4-8(2)5-7-9;1-3-10(12)11(2)9-7-5-4-6-8-9;1-2-10(11)12-8-9-6-4-3-5-7-9;1-2-9(11)10-8-6-4-3-5-7-8;1-3-8(10)11-9(2)6-4-5-7-9;1-2-8(9)10-7-5-3-4-6-7/h5,9-10H,1,6-8H2,2-4H3;6,10H,1,7-9H2,2-5H3;5,10-11H,1,6-9H2,2-4H3;2*4,8-10H,1,5-7H2,2-3H3;3,8-9H,1,4-7H2,2H3,(H,11,12);3,9H,1,4-8H2,2H3;2,9H,1,3-8H2;2,8H,1,3-7H2,(H,10,11);3H,1,4-7H2,2H3;2,7H,1,3-6H2. The number of rotatable bonds is 23. The van der Waals surface area contributed by atoms with Gasteiger partial charge >= 0.3 is 47.8 Å². The summed E-state index contributed by atoms with van der Waals surface area (Å²) in [5.74, 6) is 3.09. The maximum absolute atomic E-state index is 11.3. The highest BCUT2D eigenvalue weighted by atomic mass is 16.6. The Morgan fingerprint density at radius 1 is 0.367 bits per heavy atom. The van der Waals surface area contributed by atoms with E-state index in [-0.39, 0.29) is 124 Å². The van der Waals surface area contributed by atoms with Crippen LogP contribution in [0.1, 0.15) is 387 Å².